The number of nitrogens with zero attached hydrogens (tertiary/aromatic N) is 4. The Hall–Kier alpha value is -2.24. The summed E-state index contributed by atoms with van der Waals surface area (Å²) >= 11 is 0. The molecule has 0 fully saturated rings. The Morgan fingerprint density at radius 2 is 2.35 bits per heavy atom. The predicted molar refractivity (Wildman–Crippen MR) is 64.9 cm³/mol. The summed E-state index contributed by atoms with van der Waals surface area (Å²) in [6.45, 7) is 4.13. The monoisotopic (exact) mass is 231 g/mol. The van der Waals surface area contributed by atoms with Crippen LogP contribution in [0.5, 0.6) is 0 Å². The first-order valence-corrected chi connectivity index (χ1v) is 5.23. The van der Waals surface area contributed by atoms with Gasteiger partial charge in [-0.15, -0.1) is 0 Å². The van der Waals surface area contributed by atoms with Gasteiger partial charge in [0.15, 0.2) is 0 Å². The molecule has 2 rings (SSSR count). The van der Waals surface area contributed by atoms with Gasteiger partial charge in [0.25, 0.3) is 0 Å². The van der Waals surface area contributed by atoms with Crippen molar-refractivity contribution in [3.05, 3.63) is 29.6 Å². The van der Waals surface area contributed by atoms with Crippen LogP contribution in [0.15, 0.2) is 28.5 Å². The fraction of sp³-hybridized carbons (Fsp3) is 0.273. The number of carbonyl (C=O) groups excluding carboxylic acids is 1. The molecule has 0 unspecified atom stereocenters. The minimum atomic E-state index is -0.326. The molecule has 1 aromatic heterocycles. The highest BCUT2D eigenvalue weighted by Gasteiger charge is 2.17. The van der Waals surface area contributed by atoms with E-state index in [1.165, 1.54) is 5.01 Å². The minimum Gasteiger partial charge on any atom is -0.261 e. The molecule has 0 spiro atoms. The van der Waals surface area contributed by atoms with E-state index < -0.39 is 0 Å². The number of hydrogen-bond acceptors (Lipinski definition) is 4. The first-order chi connectivity index (χ1) is 8.16. The van der Waals surface area contributed by atoms with Gasteiger partial charge in [0.2, 0.25) is 0 Å². The summed E-state index contributed by atoms with van der Waals surface area (Å²) < 4.78 is 0. The zero-order chi connectivity index (χ0) is 12.3. The number of urea groups is 1. The zero-order valence-electron chi connectivity index (χ0n) is 9.71. The smallest absolute Gasteiger partial charge is 0.261 e. The van der Waals surface area contributed by atoms with E-state index in [0.29, 0.717) is 6.54 Å². The normalized spacial score (nSPS) is 16.0. The summed E-state index contributed by atoms with van der Waals surface area (Å²) in [6.07, 6.45) is 3.34. The number of hydrogen-bond donors (Lipinski definition) is 1. The average molecular weight is 231 g/mol. The number of amides is 2. The van der Waals surface area contributed by atoms with Gasteiger partial charge in [-0.2, -0.15) is 10.2 Å². The highest BCUT2D eigenvalue weighted by Crippen LogP contribution is 2.02. The minimum absolute atomic E-state index is 0.326. The van der Waals surface area contributed by atoms with Gasteiger partial charge in [0.05, 0.1) is 18.5 Å². The molecule has 0 aromatic carbocycles. The first kappa shape index (κ1) is 11.3. The molecule has 88 valence electrons. The van der Waals surface area contributed by atoms with Crippen LogP contribution in [-0.4, -0.2) is 34.5 Å². The predicted octanol–water partition coefficient (Wildman–Crippen LogP) is 1.13. The topological polar surface area (TPSA) is 70.0 Å². The van der Waals surface area contributed by atoms with Crippen LogP contribution in [0.3, 0.4) is 0 Å². The van der Waals surface area contributed by atoms with Crippen molar-refractivity contribution in [1.29, 1.82) is 0 Å². The van der Waals surface area contributed by atoms with E-state index in [0.717, 1.165) is 17.0 Å². The van der Waals surface area contributed by atoms with E-state index in [1.807, 2.05) is 26.0 Å². The highest BCUT2D eigenvalue weighted by atomic mass is 16.2. The van der Waals surface area contributed by atoms with E-state index in [4.69, 9.17) is 0 Å². The molecule has 0 saturated carbocycles. The molecule has 1 N–H and O–H groups in total. The van der Waals surface area contributed by atoms with E-state index >= 15 is 0 Å². The van der Waals surface area contributed by atoms with Gasteiger partial charge in [0, 0.05) is 17.5 Å². The summed E-state index contributed by atoms with van der Waals surface area (Å²) in [5.74, 6) is 0. The van der Waals surface area contributed by atoms with Gasteiger partial charge >= 0.3 is 6.03 Å². The summed E-state index contributed by atoms with van der Waals surface area (Å²) in [7, 11) is 0. The maximum Gasteiger partial charge on any atom is 0.358 e. The molecule has 6 nitrogen and oxygen atoms in total. The number of hydrazone groups is 2. The lowest BCUT2D eigenvalue weighted by Gasteiger charge is -2.20. The lowest BCUT2D eigenvalue weighted by atomic mass is 10.2. The number of carbonyl (C=O) groups is 1. The number of pyridine rings is 1. The molecule has 0 saturated heterocycles. The van der Waals surface area contributed by atoms with E-state index in [1.54, 1.807) is 12.4 Å². The molecule has 0 atom stereocenters. The molecule has 1 aromatic rings. The molecular formula is C11H13N5O. The van der Waals surface area contributed by atoms with Crippen LogP contribution in [-0.2, 0) is 0 Å². The summed E-state index contributed by atoms with van der Waals surface area (Å²) in [5.41, 5.74) is 4.95. The van der Waals surface area contributed by atoms with Crippen molar-refractivity contribution in [3.8, 4) is 0 Å². The van der Waals surface area contributed by atoms with Crippen LogP contribution >= 0.6 is 0 Å². The molecule has 2 amide bonds. The molecule has 1 aliphatic rings. The second kappa shape index (κ2) is 4.73. The van der Waals surface area contributed by atoms with Crippen molar-refractivity contribution in [2.75, 3.05) is 6.54 Å². The number of aromatic nitrogens is 1. The molecule has 0 aliphatic carbocycles. The fourth-order valence-corrected chi connectivity index (χ4v) is 1.38. The molecule has 6 heteroatoms. The highest BCUT2D eigenvalue weighted by molar-refractivity contribution is 5.92. The van der Waals surface area contributed by atoms with Gasteiger partial charge in [-0.3, -0.25) is 4.98 Å². The van der Waals surface area contributed by atoms with Gasteiger partial charge in [0.1, 0.15) is 0 Å². The molecule has 0 bridgehead atoms. The van der Waals surface area contributed by atoms with Crippen molar-refractivity contribution in [2.45, 2.75) is 13.8 Å². The van der Waals surface area contributed by atoms with Crippen LogP contribution < -0.4 is 5.43 Å². The van der Waals surface area contributed by atoms with Gasteiger partial charge in [-0.25, -0.2) is 15.2 Å². The third-order valence-corrected chi connectivity index (χ3v) is 2.34. The molecule has 1 aliphatic heterocycles. The second-order valence-corrected chi connectivity index (χ2v) is 3.74. The second-order valence-electron chi connectivity index (χ2n) is 3.74. The maximum atomic E-state index is 11.4. The SMILES string of the molecule is CC1=NNC(=O)N(N=Cc2cccnc2C)C1. The van der Waals surface area contributed by atoms with Crippen LogP contribution in [0.25, 0.3) is 0 Å². The molecule has 2 heterocycles. The van der Waals surface area contributed by atoms with Crippen molar-refractivity contribution in [3.63, 3.8) is 0 Å². The van der Waals surface area contributed by atoms with Crippen molar-refractivity contribution in [2.24, 2.45) is 10.2 Å². The Morgan fingerprint density at radius 3 is 3.12 bits per heavy atom. The summed E-state index contributed by atoms with van der Waals surface area (Å²) in [5, 5.41) is 9.27. The zero-order valence-corrected chi connectivity index (χ0v) is 9.71. The largest absolute Gasteiger partial charge is 0.358 e. The third kappa shape index (κ3) is 2.66. The van der Waals surface area contributed by atoms with Gasteiger partial charge < -0.3 is 0 Å². The van der Waals surface area contributed by atoms with E-state index in [-0.39, 0.29) is 6.03 Å². The van der Waals surface area contributed by atoms with Crippen LogP contribution in [0.2, 0.25) is 0 Å². The Labute approximate surface area is 99.0 Å². The summed E-state index contributed by atoms with van der Waals surface area (Å²) in [6, 6.07) is 3.40. The van der Waals surface area contributed by atoms with Gasteiger partial charge in [-0.05, 0) is 19.9 Å². The van der Waals surface area contributed by atoms with E-state index in [2.05, 4.69) is 20.6 Å². The van der Waals surface area contributed by atoms with Gasteiger partial charge in [-0.1, -0.05) is 6.07 Å². The van der Waals surface area contributed by atoms with Crippen molar-refractivity contribution >= 4 is 18.0 Å². The Morgan fingerprint density at radius 1 is 1.53 bits per heavy atom. The van der Waals surface area contributed by atoms with Crippen LogP contribution in [0.1, 0.15) is 18.2 Å². The Balaban J connectivity index is 2.14. The maximum absolute atomic E-state index is 11.4. The molecular weight excluding hydrogens is 218 g/mol. The molecule has 0 radical (unpaired) electrons. The van der Waals surface area contributed by atoms with Crippen LogP contribution in [0.4, 0.5) is 4.79 Å². The van der Waals surface area contributed by atoms with Crippen molar-refractivity contribution in [1.82, 2.24) is 15.4 Å². The quantitative estimate of drug-likeness (QED) is 0.775. The lowest BCUT2D eigenvalue weighted by Crippen LogP contribution is -2.42. The first-order valence-electron chi connectivity index (χ1n) is 5.23. The Kier molecular flexibility index (Phi) is 3.13. The van der Waals surface area contributed by atoms with Crippen molar-refractivity contribution < 1.29 is 4.79 Å². The standard InChI is InChI=1S/C11H13N5O/c1-8-7-16(11(17)15-14-8)13-6-10-4-3-5-12-9(10)2/h3-6H,7H2,1-2H3,(H,15,17). The van der Waals surface area contributed by atoms with E-state index in [9.17, 15) is 4.79 Å². The average Bonchev–Trinajstić information content (AvgIpc) is 2.32. The summed E-state index contributed by atoms with van der Waals surface area (Å²) in [4.78, 5) is 15.6. The third-order valence-electron chi connectivity index (χ3n) is 2.34. The molecule has 17 heavy (non-hydrogen) atoms. The van der Waals surface area contributed by atoms with Crippen LogP contribution in [0, 0.1) is 6.92 Å². The fourth-order valence-electron chi connectivity index (χ4n) is 1.38. The number of aryl methyl sites for hydroxylation is 1. The number of rotatable bonds is 2. The number of nitrogens with one attached hydrogen (secondary N) is 1. The Bertz CT molecular complexity index is 494. The lowest BCUT2D eigenvalue weighted by molar-refractivity contribution is 0.204.